The van der Waals surface area contributed by atoms with E-state index in [1.165, 1.54) is 25.3 Å². The summed E-state index contributed by atoms with van der Waals surface area (Å²) in [4.78, 5) is 24.4. The number of esters is 1. The number of methoxy groups -OCH3 is 1. The van der Waals surface area contributed by atoms with Crippen LogP contribution in [0.25, 0.3) is 0 Å². The summed E-state index contributed by atoms with van der Waals surface area (Å²) in [5, 5.41) is 5.45. The van der Waals surface area contributed by atoms with E-state index in [-0.39, 0.29) is 13.2 Å². The van der Waals surface area contributed by atoms with Gasteiger partial charge in [-0.05, 0) is 58.7 Å². The Morgan fingerprint density at radius 1 is 1.22 bits per heavy atom. The minimum absolute atomic E-state index is 0.163. The van der Waals surface area contributed by atoms with Gasteiger partial charge in [-0.2, -0.15) is 0 Å². The zero-order chi connectivity index (χ0) is 19.8. The maximum absolute atomic E-state index is 13.2. The molecule has 0 fully saturated rings. The van der Waals surface area contributed by atoms with E-state index in [4.69, 9.17) is 9.47 Å². The SMILES string of the molecule is CCOC(=O)[C@H](NCC(=O)Nc1cccc(F)c1)c1ccc(OC)c(Br)c1. The van der Waals surface area contributed by atoms with Crippen molar-refractivity contribution in [1.29, 1.82) is 0 Å². The average Bonchev–Trinajstić information content (AvgIpc) is 2.62. The molecule has 0 aliphatic heterocycles. The van der Waals surface area contributed by atoms with Crippen molar-refractivity contribution in [3.8, 4) is 5.75 Å². The lowest BCUT2D eigenvalue weighted by Gasteiger charge is -2.18. The van der Waals surface area contributed by atoms with Crippen LogP contribution in [0.1, 0.15) is 18.5 Å². The predicted octanol–water partition coefficient (Wildman–Crippen LogP) is 3.43. The summed E-state index contributed by atoms with van der Waals surface area (Å²) in [6.45, 7) is 1.75. The van der Waals surface area contributed by atoms with Crippen molar-refractivity contribution in [1.82, 2.24) is 5.32 Å². The van der Waals surface area contributed by atoms with Crippen LogP contribution in [0.5, 0.6) is 5.75 Å². The maximum atomic E-state index is 13.2. The van der Waals surface area contributed by atoms with Crippen LogP contribution in [0.4, 0.5) is 10.1 Å². The molecule has 0 spiro atoms. The molecule has 6 nitrogen and oxygen atoms in total. The van der Waals surface area contributed by atoms with Crippen LogP contribution in [-0.4, -0.2) is 32.1 Å². The third kappa shape index (κ3) is 6.04. The van der Waals surface area contributed by atoms with E-state index in [1.54, 1.807) is 31.2 Å². The van der Waals surface area contributed by atoms with Crippen LogP contribution < -0.4 is 15.4 Å². The first-order chi connectivity index (χ1) is 12.9. The molecule has 0 saturated carbocycles. The van der Waals surface area contributed by atoms with Gasteiger partial charge in [0.2, 0.25) is 5.91 Å². The fourth-order valence-electron chi connectivity index (χ4n) is 2.39. The number of halogens is 2. The third-order valence-corrected chi connectivity index (χ3v) is 4.23. The monoisotopic (exact) mass is 438 g/mol. The van der Waals surface area contributed by atoms with Gasteiger partial charge in [0.15, 0.2) is 0 Å². The number of benzene rings is 2. The van der Waals surface area contributed by atoms with Gasteiger partial charge in [0.25, 0.3) is 0 Å². The summed E-state index contributed by atoms with van der Waals surface area (Å²) in [6, 6.07) is 9.86. The Morgan fingerprint density at radius 3 is 2.63 bits per heavy atom. The number of rotatable bonds is 8. The van der Waals surface area contributed by atoms with Crippen molar-refractivity contribution in [2.24, 2.45) is 0 Å². The van der Waals surface area contributed by atoms with Crippen molar-refractivity contribution in [3.63, 3.8) is 0 Å². The van der Waals surface area contributed by atoms with Crippen molar-refractivity contribution in [2.75, 3.05) is 25.6 Å². The molecule has 0 aromatic heterocycles. The second-order valence-corrected chi connectivity index (χ2v) is 6.37. The van der Waals surface area contributed by atoms with Crippen LogP contribution in [0, 0.1) is 5.82 Å². The summed E-state index contributed by atoms with van der Waals surface area (Å²) < 4.78 is 24.1. The van der Waals surface area contributed by atoms with Gasteiger partial charge >= 0.3 is 5.97 Å². The molecule has 2 aromatic rings. The predicted molar refractivity (Wildman–Crippen MR) is 103 cm³/mol. The fourth-order valence-corrected chi connectivity index (χ4v) is 2.95. The maximum Gasteiger partial charge on any atom is 0.327 e. The molecule has 0 aliphatic rings. The molecule has 0 saturated heterocycles. The molecule has 144 valence electrons. The van der Waals surface area contributed by atoms with Crippen LogP contribution in [0.2, 0.25) is 0 Å². The number of nitrogens with one attached hydrogen (secondary N) is 2. The molecule has 2 rings (SSSR count). The molecular weight excluding hydrogens is 419 g/mol. The summed E-state index contributed by atoms with van der Waals surface area (Å²) in [6.07, 6.45) is 0. The van der Waals surface area contributed by atoms with Gasteiger partial charge in [-0.3, -0.25) is 10.1 Å². The summed E-state index contributed by atoms with van der Waals surface area (Å²) in [7, 11) is 1.54. The smallest absolute Gasteiger partial charge is 0.327 e. The standard InChI is InChI=1S/C19H20BrFN2O4/c1-3-27-19(25)18(12-7-8-16(26-2)15(20)9-12)22-11-17(24)23-14-6-4-5-13(21)10-14/h4-10,18,22H,3,11H2,1-2H3,(H,23,24)/t18-/m1/s1. The minimum atomic E-state index is -0.842. The van der Waals surface area contributed by atoms with Crippen LogP contribution in [-0.2, 0) is 14.3 Å². The highest BCUT2D eigenvalue weighted by Gasteiger charge is 2.23. The quantitative estimate of drug-likeness (QED) is 0.617. The number of anilines is 1. The molecule has 2 N–H and O–H groups in total. The normalized spacial score (nSPS) is 11.6. The molecule has 0 unspecified atom stereocenters. The van der Waals surface area contributed by atoms with Gasteiger partial charge in [-0.1, -0.05) is 12.1 Å². The van der Waals surface area contributed by atoms with Crippen LogP contribution in [0.15, 0.2) is 46.9 Å². The zero-order valence-corrected chi connectivity index (χ0v) is 16.5. The van der Waals surface area contributed by atoms with Crippen LogP contribution in [0.3, 0.4) is 0 Å². The van der Waals surface area contributed by atoms with E-state index in [0.29, 0.717) is 21.5 Å². The minimum Gasteiger partial charge on any atom is -0.496 e. The van der Waals surface area contributed by atoms with E-state index in [9.17, 15) is 14.0 Å². The van der Waals surface area contributed by atoms with Gasteiger partial charge < -0.3 is 14.8 Å². The molecule has 27 heavy (non-hydrogen) atoms. The van der Waals surface area contributed by atoms with Crippen molar-refractivity contribution < 1.29 is 23.5 Å². The lowest BCUT2D eigenvalue weighted by atomic mass is 10.1. The highest BCUT2D eigenvalue weighted by Crippen LogP contribution is 2.28. The van der Waals surface area contributed by atoms with E-state index in [2.05, 4.69) is 26.6 Å². The molecule has 1 amide bonds. The van der Waals surface area contributed by atoms with Gasteiger partial charge in [-0.15, -0.1) is 0 Å². The van der Waals surface area contributed by atoms with Crippen molar-refractivity contribution in [2.45, 2.75) is 13.0 Å². The van der Waals surface area contributed by atoms with E-state index in [1.807, 2.05) is 0 Å². The highest BCUT2D eigenvalue weighted by atomic mass is 79.9. The number of hydrogen-bond acceptors (Lipinski definition) is 5. The summed E-state index contributed by atoms with van der Waals surface area (Å²) in [5.74, 6) is -0.756. The molecule has 0 bridgehead atoms. The average molecular weight is 439 g/mol. The van der Waals surface area contributed by atoms with Crippen molar-refractivity contribution >= 4 is 33.5 Å². The van der Waals surface area contributed by atoms with Crippen molar-refractivity contribution in [3.05, 3.63) is 58.3 Å². The second-order valence-electron chi connectivity index (χ2n) is 5.52. The second kappa shape index (κ2) is 10.0. The Balaban J connectivity index is 2.09. The zero-order valence-electron chi connectivity index (χ0n) is 14.9. The summed E-state index contributed by atoms with van der Waals surface area (Å²) in [5.41, 5.74) is 0.946. The first kappa shape index (κ1) is 20.9. The Hall–Kier alpha value is -2.45. The first-order valence-corrected chi connectivity index (χ1v) is 9.02. The molecule has 8 heteroatoms. The van der Waals surface area contributed by atoms with E-state index >= 15 is 0 Å². The molecule has 1 atom stereocenters. The van der Waals surface area contributed by atoms with Gasteiger partial charge in [0.05, 0.1) is 24.7 Å². The molecule has 0 radical (unpaired) electrons. The summed E-state index contributed by atoms with van der Waals surface area (Å²) >= 11 is 3.38. The lowest BCUT2D eigenvalue weighted by molar-refractivity contribution is -0.145. The number of carbonyl (C=O) groups excluding carboxylic acids is 2. The number of hydrogen-bond donors (Lipinski definition) is 2. The number of amides is 1. The third-order valence-electron chi connectivity index (χ3n) is 3.61. The Bertz CT molecular complexity index is 816. The topological polar surface area (TPSA) is 76.7 Å². The van der Waals surface area contributed by atoms with Gasteiger partial charge in [0, 0.05) is 5.69 Å². The largest absolute Gasteiger partial charge is 0.496 e. The molecule has 0 aliphatic carbocycles. The van der Waals surface area contributed by atoms with Gasteiger partial charge in [0.1, 0.15) is 17.6 Å². The Labute approximate surface area is 165 Å². The molecule has 2 aromatic carbocycles. The number of carbonyl (C=O) groups is 2. The number of ether oxygens (including phenoxy) is 2. The first-order valence-electron chi connectivity index (χ1n) is 8.23. The Kier molecular flexibility index (Phi) is 7.75. The van der Waals surface area contributed by atoms with Gasteiger partial charge in [-0.25, -0.2) is 9.18 Å². The fraction of sp³-hybridized carbons (Fsp3) is 0.263. The molecule has 0 heterocycles. The Morgan fingerprint density at radius 2 is 2.00 bits per heavy atom. The molecular formula is C19H20BrFN2O4. The highest BCUT2D eigenvalue weighted by molar-refractivity contribution is 9.10. The van der Waals surface area contributed by atoms with E-state index in [0.717, 1.165) is 0 Å². The lowest BCUT2D eigenvalue weighted by Crippen LogP contribution is -2.36. The van der Waals surface area contributed by atoms with E-state index < -0.39 is 23.7 Å². The van der Waals surface area contributed by atoms with Crippen LogP contribution >= 0.6 is 15.9 Å².